The lowest BCUT2D eigenvalue weighted by atomic mass is 10.2. The van der Waals surface area contributed by atoms with Crippen LogP contribution in [0.5, 0.6) is 0 Å². The number of rotatable bonds is 6. The van der Waals surface area contributed by atoms with E-state index in [9.17, 15) is 4.79 Å². The summed E-state index contributed by atoms with van der Waals surface area (Å²) >= 11 is 0. The van der Waals surface area contributed by atoms with Crippen molar-refractivity contribution in [3.8, 4) is 0 Å². The van der Waals surface area contributed by atoms with Crippen molar-refractivity contribution < 1.29 is 4.79 Å². The van der Waals surface area contributed by atoms with Crippen molar-refractivity contribution in [2.24, 2.45) is 11.7 Å². The molecule has 0 saturated carbocycles. The fraction of sp³-hybridized carbons (Fsp3) is 0.636. The van der Waals surface area contributed by atoms with E-state index in [-0.39, 0.29) is 11.8 Å². The molecule has 16 heavy (non-hydrogen) atoms. The summed E-state index contributed by atoms with van der Waals surface area (Å²) in [5, 5.41) is 3.29. The number of nitrogens with one attached hydrogen (secondary N) is 1. The Bertz CT molecular complexity index is 346. The molecule has 0 aromatic carbocycles. The second kappa shape index (κ2) is 5.65. The summed E-state index contributed by atoms with van der Waals surface area (Å²) in [4.78, 5) is 15.2. The molecule has 0 aliphatic carbocycles. The molecule has 5 heteroatoms. The van der Waals surface area contributed by atoms with Crippen molar-refractivity contribution in [2.75, 3.05) is 0 Å². The van der Waals surface area contributed by atoms with Crippen LogP contribution in [-0.2, 0) is 17.9 Å². The number of hydrogen-bond donors (Lipinski definition) is 2. The van der Waals surface area contributed by atoms with Gasteiger partial charge in [-0.2, -0.15) is 0 Å². The van der Waals surface area contributed by atoms with E-state index in [1.807, 2.05) is 17.7 Å². The molecule has 3 N–H and O–H groups in total. The number of nitrogens with zero attached hydrogens (tertiary/aromatic N) is 2. The number of carbonyl (C=O) groups excluding carboxylic acids is 1. The minimum atomic E-state index is -0.281. The third-order valence-corrected chi connectivity index (χ3v) is 2.43. The first-order chi connectivity index (χ1) is 7.50. The van der Waals surface area contributed by atoms with Crippen LogP contribution in [0.2, 0.25) is 0 Å². The molecule has 1 atom stereocenters. The summed E-state index contributed by atoms with van der Waals surface area (Å²) in [6, 6.07) is 0.415. The van der Waals surface area contributed by atoms with Gasteiger partial charge in [-0.15, -0.1) is 0 Å². The van der Waals surface area contributed by atoms with Crippen LogP contribution < -0.4 is 11.1 Å². The molecular weight excluding hydrogens is 204 g/mol. The van der Waals surface area contributed by atoms with Crippen molar-refractivity contribution in [2.45, 2.75) is 39.9 Å². The number of aromatic nitrogens is 2. The van der Waals surface area contributed by atoms with Gasteiger partial charge in [0.2, 0.25) is 5.91 Å². The Morgan fingerprint density at radius 2 is 2.25 bits per heavy atom. The highest BCUT2D eigenvalue weighted by atomic mass is 16.1. The van der Waals surface area contributed by atoms with Crippen molar-refractivity contribution in [3.63, 3.8) is 0 Å². The van der Waals surface area contributed by atoms with Gasteiger partial charge in [-0.25, -0.2) is 4.98 Å². The Kier molecular flexibility index (Phi) is 4.49. The molecule has 90 valence electrons. The first-order valence-electron chi connectivity index (χ1n) is 5.53. The summed E-state index contributed by atoms with van der Waals surface area (Å²) in [5.41, 5.74) is 5.24. The molecule has 1 unspecified atom stereocenters. The Balaban J connectivity index is 2.60. The van der Waals surface area contributed by atoms with E-state index in [4.69, 9.17) is 5.73 Å². The zero-order chi connectivity index (χ0) is 12.1. The van der Waals surface area contributed by atoms with Crippen LogP contribution in [0, 0.1) is 5.92 Å². The highest BCUT2D eigenvalue weighted by Gasteiger charge is 2.11. The zero-order valence-corrected chi connectivity index (χ0v) is 10.1. The van der Waals surface area contributed by atoms with Crippen LogP contribution in [0.4, 0.5) is 0 Å². The molecule has 0 fully saturated rings. The second-order valence-electron chi connectivity index (χ2n) is 4.33. The van der Waals surface area contributed by atoms with Crippen molar-refractivity contribution in [1.82, 2.24) is 14.9 Å². The standard InChI is InChI=1S/C11H20N4O/c1-8(2)14-6-10-13-4-5-15(10)7-9(3)11(12)16/h4-5,8-9,14H,6-7H2,1-3H3,(H2,12,16). The summed E-state index contributed by atoms with van der Waals surface area (Å²) in [6.07, 6.45) is 3.61. The Morgan fingerprint density at radius 3 is 2.81 bits per heavy atom. The van der Waals surface area contributed by atoms with Crippen LogP contribution in [-0.4, -0.2) is 21.5 Å². The van der Waals surface area contributed by atoms with E-state index in [0.717, 1.165) is 5.82 Å². The normalized spacial score (nSPS) is 13.0. The van der Waals surface area contributed by atoms with Crippen LogP contribution in [0.1, 0.15) is 26.6 Å². The number of hydrogen-bond acceptors (Lipinski definition) is 3. The molecular formula is C11H20N4O. The van der Waals surface area contributed by atoms with Crippen molar-refractivity contribution >= 4 is 5.91 Å². The minimum absolute atomic E-state index is 0.174. The van der Waals surface area contributed by atoms with E-state index in [2.05, 4.69) is 24.1 Å². The minimum Gasteiger partial charge on any atom is -0.369 e. The number of nitrogens with two attached hydrogens (primary N) is 1. The SMILES string of the molecule is CC(C)NCc1nccn1CC(C)C(N)=O. The van der Waals surface area contributed by atoms with Gasteiger partial charge in [0.25, 0.3) is 0 Å². The average Bonchev–Trinajstić information content (AvgIpc) is 2.62. The van der Waals surface area contributed by atoms with Crippen molar-refractivity contribution in [3.05, 3.63) is 18.2 Å². The van der Waals surface area contributed by atoms with E-state index < -0.39 is 0 Å². The fourth-order valence-corrected chi connectivity index (χ4v) is 1.35. The molecule has 0 saturated heterocycles. The van der Waals surface area contributed by atoms with Gasteiger partial charge in [0.05, 0.1) is 12.5 Å². The first-order valence-corrected chi connectivity index (χ1v) is 5.53. The molecule has 0 radical (unpaired) electrons. The zero-order valence-electron chi connectivity index (χ0n) is 10.1. The predicted octanol–water partition coefficient (Wildman–Crippen LogP) is 0.502. The van der Waals surface area contributed by atoms with Crippen molar-refractivity contribution in [1.29, 1.82) is 0 Å². The van der Waals surface area contributed by atoms with E-state index in [1.54, 1.807) is 6.20 Å². The van der Waals surface area contributed by atoms with Crippen LogP contribution in [0.15, 0.2) is 12.4 Å². The maximum absolute atomic E-state index is 11.0. The fourth-order valence-electron chi connectivity index (χ4n) is 1.35. The van der Waals surface area contributed by atoms with Crippen LogP contribution in [0.3, 0.4) is 0 Å². The molecule has 1 amide bonds. The number of carbonyl (C=O) groups is 1. The van der Waals surface area contributed by atoms with Crippen LogP contribution >= 0.6 is 0 Å². The third-order valence-electron chi connectivity index (χ3n) is 2.43. The summed E-state index contributed by atoms with van der Waals surface area (Å²) in [7, 11) is 0. The van der Waals surface area contributed by atoms with Gasteiger partial charge in [-0.05, 0) is 0 Å². The lowest BCUT2D eigenvalue weighted by Crippen LogP contribution is -2.27. The smallest absolute Gasteiger partial charge is 0.222 e. The average molecular weight is 224 g/mol. The largest absolute Gasteiger partial charge is 0.369 e. The number of amides is 1. The second-order valence-corrected chi connectivity index (χ2v) is 4.33. The van der Waals surface area contributed by atoms with Gasteiger partial charge in [-0.3, -0.25) is 4.79 Å². The summed E-state index contributed by atoms with van der Waals surface area (Å²) in [5.74, 6) is 0.477. The summed E-state index contributed by atoms with van der Waals surface area (Å²) in [6.45, 7) is 7.28. The highest BCUT2D eigenvalue weighted by Crippen LogP contribution is 2.04. The van der Waals surface area contributed by atoms with E-state index in [1.165, 1.54) is 0 Å². The molecule has 1 aromatic rings. The van der Waals surface area contributed by atoms with Gasteiger partial charge >= 0.3 is 0 Å². The topological polar surface area (TPSA) is 72.9 Å². The molecule has 0 aliphatic rings. The lowest BCUT2D eigenvalue weighted by molar-refractivity contribution is -0.121. The predicted molar refractivity (Wildman–Crippen MR) is 62.6 cm³/mol. The molecule has 0 bridgehead atoms. The van der Waals surface area contributed by atoms with Gasteiger partial charge in [-0.1, -0.05) is 20.8 Å². The maximum Gasteiger partial charge on any atom is 0.222 e. The Morgan fingerprint density at radius 1 is 1.56 bits per heavy atom. The molecule has 0 spiro atoms. The van der Waals surface area contributed by atoms with Gasteiger partial charge in [0.15, 0.2) is 0 Å². The molecule has 1 heterocycles. The Hall–Kier alpha value is -1.36. The van der Waals surface area contributed by atoms with E-state index in [0.29, 0.717) is 19.1 Å². The maximum atomic E-state index is 11.0. The van der Waals surface area contributed by atoms with Gasteiger partial charge in [0.1, 0.15) is 5.82 Å². The monoisotopic (exact) mass is 224 g/mol. The first kappa shape index (κ1) is 12.7. The lowest BCUT2D eigenvalue weighted by Gasteiger charge is -2.13. The third kappa shape index (κ3) is 3.66. The highest BCUT2D eigenvalue weighted by molar-refractivity contribution is 5.76. The summed E-state index contributed by atoms with van der Waals surface area (Å²) < 4.78 is 1.96. The van der Waals surface area contributed by atoms with Gasteiger partial charge < -0.3 is 15.6 Å². The quantitative estimate of drug-likeness (QED) is 0.739. The molecule has 1 aromatic heterocycles. The van der Waals surface area contributed by atoms with Gasteiger partial charge in [0, 0.05) is 25.0 Å². The molecule has 5 nitrogen and oxygen atoms in total. The molecule has 0 aliphatic heterocycles. The number of imidazole rings is 1. The van der Waals surface area contributed by atoms with E-state index >= 15 is 0 Å². The Labute approximate surface area is 96.0 Å². The van der Waals surface area contributed by atoms with Crippen LogP contribution in [0.25, 0.3) is 0 Å². The number of primary amides is 1. The molecule has 1 rings (SSSR count).